The highest BCUT2D eigenvalue weighted by Gasteiger charge is 2.23. The van der Waals surface area contributed by atoms with Crippen molar-refractivity contribution < 1.29 is 9.72 Å². The molecule has 1 unspecified atom stereocenters. The molecule has 0 radical (unpaired) electrons. The normalized spacial score (nSPS) is 11.8. The lowest BCUT2D eigenvalue weighted by Gasteiger charge is -2.19. The minimum atomic E-state index is -0.534. The van der Waals surface area contributed by atoms with E-state index < -0.39 is 10.8 Å². The highest BCUT2D eigenvalue weighted by atomic mass is 32.1. The van der Waals surface area contributed by atoms with Crippen LogP contribution in [-0.2, 0) is 6.42 Å². The first kappa shape index (κ1) is 20.4. The van der Waals surface area contributed by atoms with Gasteiger partial charge in [-0.15, -0.1) is 11.3 Å². The second kappa shape index (κ2) is 8.88. The minimum absolute atomic E-state index is 0.197. The first-order valence-corrected chi connectivity index (χ1v) is 10.5. The number of thiophene rings is 1. The Morgan fingerprint density at radius 1 is 1.23 bits per heavy atom. The van der Waals surface area contributed by atoms with Gasteiger partial charge in [-0.25, -0.2) is 9.67 Å². The summed E-state index contributed by atoms with van der Waals surface area (Å²) in [4.78, 5) is 28.9. The molecule has 9 heteroatoms. The molecule has 2 aromatic heterocycles. The Balaban J connectivity index is 1.65. The molecule has 0 spiro atoms. The smallest absolute Gasteiger partial charge is 0.295 e. The van der Waals surface area contributed by atoms with Gasteiger partial charge in [0, 0.05) is 16.5 Å². The van der Waals surface area contributed by atoms with Crippen LogP contribution in [0.15, 0.2) is 72.6 Å². The number of carbonyl (C=O) groups is 1. The van der Waals surface area contributed by atoms with E-state index in [1.54, 1.807) is 17.4 Å². The SMILES string of the molecule is CCc1ccc(C(NC(=O)c2ccc(-n3cncn3)c([N+](=O)[O-])c2)c2cccs2)cc1. The number of amides is 1. The fourth-order valence-corrected chi connectivity index (χ4v) is 4.07. The predicted molar refractivity (Wildman–Crippen MR) is 117 cm³/mol. The number of carbonyl (C=O) groups excluding carboxylic acids is 1. The largest absolute Gasteiger partial charge is 0.340 e. The van der Waals surface area contributed by atoms with Crippen molar-refractivity contribution in [2.45, 2.75) is 19.4 Å². The fraction of sp³-hybridized carbons (Fsp3) is 0.136. The summed E-state index contributed by atoms with van der Waals surface area (Å²) in [6.07, 6.45) is 3.59. The summed E-state index contributed by atoms with van der Waals surface area (Å²) in [5.74, 6) is -0.397. The molecule has 1 N–H and O–H groups in total. The van der Waals surface area contributed by atoms with Crippen LogP contribution in [0, 0.1) is 10.1 Å². The zero-order chi connectivity index (χ0) is 21.8. The molecule has 0 saturated heterocycles. The Bertz CT molecular complexity index is 1190. The maximum Gasteiger partial charge on any atom is 0.295 e. The van der Waals surface area contributed by atoms with E-state index in [-0.39, 0.29) is 23.0 Å². The second-order valence-electron chi connectivity index (χ2n) is 6.82. The lowest BCUT2D eigenvalue weighted by molar-refractivity contribution is -0.384. The summed E-state index contributed by atoms with van der Waals surface area (Å²) in [6.45, 7) is 2.09. The van der Waals surface area contributed by atoms with Gasteiger partial charge in [-0.2, -0.15) is 5.10 Å². The van der Waals surface area contributed by atoms with E-state index in [2.05, 4.69) is 22.3 Å². The standard InChI is InChI=1S/C22H19N5O3S/c1-2-15-5-7-16(8-6-15)21(20-4-3-11-31-20)25-22(28)17-9-10-18(19(12-17)27(29)30)26-14-23-13-24-26/h3-14,21H,2H2,1H3,(H,25,28). The number of nitrogens with one attached hydrogen (secondary N) is 1. The van der Waals surface area contributed by atoms with Gasteiger partial charge in [-0.05, 0) is 41.1 Å². The van der Waals surface area contributed by atoms with Crippen molar-refractivity contribution in [1.29, 1.82) is 0 Å². The third kappa shape index (κ3) is 4.36. The highest BCUT2D eigenvalue weighted by molar-refractivity contribution is 7.10. The summed E-state index contributed by atoms with van der Waals surface area (Å²) in [5, 5.41) is 20.5. The zero-order valence-electron chi connectivity index (χ0n) is 16.6. The number of nitro benzene ring substituents is 1. The van der Waals surface area contributed by atoms with Crippen molar-refractivity contribution >= 4 is 22.9 Å². The molecule has 0 fully saturated rings. The van der Waals surface area contributed by atoms with Gasteiger partial charge in [0.15, 0.2) is 0 Å². The van der Waals surface area contributed by atoms with Gasteiger partial charge in [0.05, 0.1) is 11.0 Å². The maximum atomic E-state index is 13.1. The van der Waals surface area contributed by atoms with Crippen LogP contribution in [0.1, 0.15) is 39.3 Å². The summed E-state index contributed by atoms with van der Waals surface area (Å²) in [5.41, 5.74) is 2.37. The van der Waals surface area contributed by atoms with Gasteiger partial charge in [-0.3, -0.25) is 14.9 Å². The Morgan fingerprint density at radius 3 is 2.65 bits per heavy atom. The second-order valence-corrected chi connectivity index (χ2v) is 7.80. The van der Waals surface area contributed by atoms with Gasteiger partial charge < -0.3 is 5.32 Å². The van der Waals surface area contributed by atoms with Crippen molar-refractivity contribution in [3.05, 3.63) is 104 Å². The number of aryl methyl sites for hydroxylation is 1. The van der Waals surface area contributed by atoms with Gasteiger partial charge in [0.2, 0.25) is 0 Å². The molecule has 2 aromatic carbocycles. The highest BCUT2D eigenvalue weighted by Crippen LogP contribution is 2.28. The lowest BCUT2D eigenvalue weighted by atomic mass is 10.0. The van der Waals surface area contributed by atoms with Crippen molar-refractivity contribution in [2.24, 2.45) is 0 Å². The molecule has 2 heterocycles. The summed E-state index contributed by atoms with van der Waals surface area (Å²) < 4.78 is 1.30. The average molecular weight is 433 g/mol. The monoisotopic (exact) mass is 433 g/mol. The third-order valence-electron chi connectivity index (χ3n) is 4.92. The molecule has 31 heavy (non-hydrogen) atoms. The quantitative estimate of drug-likeness (QED) is 0.345. The molecule has 0 aliphatic carbocycles. The zero-order valence-corrected chi connectivity index (χ0v) is 17.5. The van der Waals surface area contributed by atoms with Gasteiger partial charge in [0.25, 0.3) is 11.6 Å². The fourth-order valence-electron chi connectivity index (χ4n) is 3.27. The van der Waals surface area contributed by atoms with Crippen molar-refractivity contribution in [1.82, 2.24) is 20.1 Å². The number of aromatic nitrogens is 3. The molecular formula is C22H19N5O3S. The van der Waals surface area contributed by atoms with Crippen LogP contribution in [0.4, 0.5) is 5.69 Å². The molecule has 0 aliphatic heterocycles. The molecule has 0 aliphatic rings. The number of nitro groups is 1. The van der Waals surface area contributed by atoms with E-state index >= 15 is 0 Å². The van der Waals surface area contributed by atoms with E-state index in [0.29, 0.717) is 0 Å². The number of hydrogen-bond donors (Lipinski definition) is 1. The number of nitrogens with zero attached hydrogens (tertiary/aromatic N) is 4. The topological polar surface area (TPSA) is 103 Å². The van der Waals surface area contributed by atoms with Crippen LogP contribution in [0.25, 0.3) is 5.69 Å². The van der Waals surface area contributed by atoms with Crippen LogP contribution in [0.5, 0.6) is 0 Å². The Labute approximate surface area is 182 Å². The maximum absolute atomic E-state index is 13.1. The lowest BCUT2D eigenvalue weighted by Crippen LogP contribution is -2.29. The summed E-state index contributed by atoms with van der Waals surface area (Å²) in [6, 6.07) is 15.9. The van der Waals surface area contributed by atoms with Gasteiger partial charge in [-0.1, -0.05) is 37.3 Å². The number of rotatable bonds is 7. The van der Waals surface area contributed by atoms with Crippen molar-refractivity contribution in [3.63, 3.8) is 0 Å². The molecule has 0 saturated carbocycles. The molecule has 156 valence electrons. The van der Waals surface area contributed by atoms with Crippen molar-refractivity contribution in [2.75, 3.05) is 0 Å². The van der Waals surface area contributed by atoms with Crippen LogP contribution in [0.3, 0.4) is 0 Å². The third-order valence-corrected chi connectivity index (χ3v) is 5.86. The van der Waals surface area contributed by atoms with Crippen molar-refractivity contribution in [3.8, 4) is 5.69 Å². The first-order chi connectivity index (χ1) is 15.1. The molecular weight excluding hydrogens is 414 g/mol. The van der Waals surface area contributed by atoms with E-state index in [4.69, 9.17) is 0 Å². The van der Waals surface area contributed by atoms with Crippen LogP contribution in [0.2, 0.25) is 0 Å². The number of hydrogen-bond acceptors (Lipinski definition) is 6. The Morgan fingerprint density at radius 2 is 2.03 bits per heavy atom. The number of benzene rings is 2. The molecule has 1 amide bonds. The Hall–Kier alpha value is -3.85. The summed E-state index contributed by atoms with van der Waals surface area (Å²) in [7, 11) is 0. The first-order valence-electron chi connectivity index (χ1n) is 9.63. The molecule has 0 bridgehead atoms. The van der Waals surface area contributed by atoms with Crippen LogP contribution >= 0.6 is 11.3 Å². The summed E-state index contributed by atoms with van der Waals surface area (Å²) >= 11 is 1.54. The van der Waals surface area contributed by atoms with E-state index in [1.807, 2.05) is 41.8 Å². The molecule has 4 aromatic rings. The Kier molecular flexibility index (Phi) is 5.85. The van der Waals surface area contributed by atoms with Gasteiger partial charge in [0.1, 0.15) is 18.3 Å². The van der Waals surface area contributed by atoms with Crippen LogP contribution in [-0.4, -0.2) is 25.6 Å². The molecule has 1 atom stereocenters. The van der Waals surface area contributed by atoms with E-state index in [9.17, 15) is 14.9 Å². The van der Waals surface area contributed by atoms with E-state index in [0.717, 1.165) is 16.9 Å². The predicted octanol–water partition coefficient (Wildman–Crippen LogP) is 4.32. The van der Waals surface area contributed by atoms with Crippen LogP contribution < -0.4 is 5.32 Å². The van der Waals surface area contributed by atoms with Gasteiger partial charge >= 0.3 is 0 Å². The minimum Gasteiger partial charge on any atom is -0.340 e. The van der Waals surface area contributed by atoms with E-state index in [1.165, 1.54) is 35.0 Å². The molecule has 4 rings (SSSR count). The molecule has 8 nitrogen and oxygen atoms in total. The average Bonchev–Trinajstić information content (AvgIpc) is 3.51.